The number of hydrogen-bond donors (Lipinski definition) is 4. The number of nitrogens with two attached hydrogens (primary N) is 1. The first-order chi connectivity index (χ1) is 25.5. The van der Waals surface area contributed by atoms with E-state index in [1.165, 1.54) is 47.5 Å². The van der Waals surface area contributed by atoms with Gasteiger partial charge in [-0.2, -0.15) is 18.9 Å². The lowest BCUT2D eigenvalue weighted by Gasteiger charge is -2.50. The monoisotopic (exact) mass is 810 g/mol. The maximum absolute atomic E-state index is 13.6. The van der Waals surface area contributed by atoms with Gasteiger partial charge in [-0.05, 0) is 12.1 Å². The smallest absolute Gasteiger partial charge is 0.373 e. The molecular formula is C32H37ClN7O12S2+. The highest BCUT2D eigenvalue weighted by Gasteiger charge is 2.55. The van der Waals surface area contributed by atoms with Gasteiger partial charge in [-0.15, -0.1) is 11.8 Å². The number of aromatic hydroxyl groups is 2. The largest absolute Gasteiger partial charge is 0.504 e. The van der Waals surface area contributed by atoms with Gasteiger partial charge in [-0.3, -0.25) is 24.1 Å². The highest BCUT2D eigenvalue weighted by Crippen LogP contribution is 2.46. The molecule has 290 valence electrons. The Morgan fingerprint density at radius 2 is 1.91 bits per heavy atom. The topological polar surface area (TPSA) is 269 Å². The van der Waals surface area contributed by atoms with Gasteiger partial charge in [0, 0.05) is 63.0 Å². The third-order valence-corrected chi connectivity index (χ3v) is 11.3. The first-order valence-electron chi connectivity index (χ1n) is 16.2. The zero-order valence-corrected chi connectivity index (χ0v) is 31.6. The molecule has 0 radical (unpaired) electrons. The molecule has 1 aromatic heterocycles. The summed E-state index contributed by atoms with van der Waals surface area (Å²) in [4.78, 5) is 92.0. The Balaban J connectivity index is 0.00000209. The van der Waals surface area contributed by atoms with Gasteiger partial charge in [0.1, 0.15) is 12.2 Å². The van der Waals surface area contributed by atoms with Crippen molar-refractivity contribution in [3.63, 3.8) is 0 Å². The zero-order valence-electron chi connectivity index (χ0n) is 29.2. The number of benzene rings is 1. The summed E-state index contributed by atoms with van der Waals surface area (Å²) in [5, 5.41) is 33.1. The number of anilines is 1. The third kappa shape index (κ3) is 9.16. The van der Waals surface area contributed by atoms with Crippen LogP contribution in [0.1, 0.15) is 49.3 Å². The molecule has 19 nitrogen and oxygen atoms in total. The summed E-state index contributed by atoms with van der Waals surface area (Å²) < 4.78 is 9.35. The SMILES string of the molecule is CN(CC[N+]1(CC2=C(C(=O)O)N3C(=O)[C@@H](CC(=O)/C(=N/OC(C)(C)OC=O)c4nsc(N)n4)[C@H]3SC2)CCCC1)C(=O)c1ccc(O)c(O)c1Cl.O=C=O. The van der Waals surface area contributed by atoms with E-state index < -0.39 is 52.1 Å². The van der Waals surface area contributed by atoms with Crippen LogP contribution >= 0.6 is 34.9 Å². The van der Waals surface area contributed by atoms with Crippen molar-refractivity contribution in [3.05, 3.63) is 39.8 Å². The predicted octanol–water partition coefficient (Wildman–Crippen LogP) is 1.44. The minimum absolute atomic E-state index is 0.0333. The van der Waals surface area contributed by atoms with Crippen molar-refractivity contribution in [2.24, 2.45) is 11.1 Å². The summed E-state index contributed by atoms with van der Waals surface area (Å²) in [5.41, 5.74) is 5.89. The van der Waals surface area contributed by atoms with Gasteiger partial charge >= 0.3 is 12.1 Å². The number of nitrogens with zero attached hydrogens (tertiary/aromatic N) is 6. The van der Waals surface area contributed by atoms with Gasteiger partial charge in [-0.25, -0.2) is 4.79 Å². The van der Waals surface area contributed by atoms with Crippen molar-refractivity contribution in [1.82, 2.24) is 19.2 Å². The molecule has 2 amide bonds. The van der Waals surface area contributed by atoms with Gasteiger partial charge in [0.05, 0.1) is 48.1 Å². The highest BCUT2D eigenvalue weighted by molar-refractivity contribution is 8.00. The number of hydrogen-bond acceptors (Lipinski definition) is 17. The number of halogens is 1. The van der Waals surface area contributed by atoms with E-state index in [2.05, 4.69) is 14.5 Å². The minimum Gasteiger partial charge on any atom is -0.504 e. The molecule has 22 heteroatoms. The number of amides is 2. The molecule has 0 aliphatic carbocycles. The Morgan fingerprint density at radius 3 is 2.50 bits per heavy atom. The van der Waals surface area contributed by atoms with E-state index in [4.69, 9.17) is 36.5 Å². The van der Waals surface area contributed by atoms with Crippen LogP contribution in [0.25, 0.3) is 0 Å². The molecule has 2 atom stereocenters. The van der Waals surface area contributed by atoms with Crippen LogP contribution in [0, 0.1) is 5.92 Å². The number of phenols is 2. The molecule has 3 aliphatic heterocycles. The van der Waals surface area contributed by atoms with Gasteiger partial charge in [0.2, 0.25) is 11.7 Å². The minimum atomic E-state index is -1.53. The number of ketones is 1. The molecule has 0 unspecified atom stereocenters. The molecule has 54 heavy (non-hydrogen) atoms. The summed E-state index contributed by atoms with van der Waals surface area (Å²) in [6, 6.07) is 2.52. The standard InChI is InChI=1S/C31H36ClN7O10S2.CO2/c1-31(2,48-15-40)49-35-22(25-34-30(33)51-36-25)20(42)12-18-27(45)38-23(29(46)47)16(14-50-28(18)38)13-39(9-4-5-10-39)11-8-37(3)26(44)17-6-7-19(41)24(43)21(17)32;2-1-3/h6-7,15,18,28H,4-5,8-14H2,1-3H3,(H4-,33,34,35,36,41,42,43,44,46,47);/p+1/t18-,28-;/m1./s1. The average molecular weight is 811 g/mol. The fraction of sp³-hybridized carbons (Fsp3) is 0.469. The van der Waals surface area contributed by atoms with E-state index in [0.29, 0.717) is 35.4 Å². The number of likely N-dealkylation sites (tertiary alicyclic amines) is 1. The van der Waals surface area contributed by atoms with Crippen LogP contribution in [0.4, 0.5) is 5.13 Å². The van der Waals surface area contributed by atoms with Gasteiger partial charge in [0.15, 0.2) is 28.1 Å². The van der Waals surface area contributed by atoms with E-state index >= 15 is 0 Å². The maximum Gasteiger partial charge on any atom is 0.373 e. The second-order valence-corrected chi connectivity index (χ2v) is 15.3. The lowest BCUT2D eigenvalue weighted by atomic mass is 9.89. The number of phenolic OH excluding ortho intramolecular Hbond substituents is 2. The number of carbonyl (C=O) groups excluding carboxylic acids is 6. The number of aromatic nitrogens is 2. The van der Waals surface area contributed by atoms with Crippen molar-refractivity contribution in [3.8, 4) is 11.5 Å². The third-order valence-electron chi connectivity index (χ3n) is 8.99. The number of carbonyl (C=O) groups is 5. The highest BCUT2D eigenvalue weighted by atomic mass is 35.5. The molecule has 0 bridgehead atoms. The van der Waals surface area contributed by atoms with E-state index in [-0.39, 0.29) is 52.0 Å². The van der Waals surface area contributed by atoms with Crippen molar-refractivity contribution in [2.75, 3.05) is 51.3 Å². The lowest BCUT2D eigenvalue weighted by molar-refractivity contribution is -0.911. The molecular weight excluding hydrogens is 774 g/mol. The predicted molar refractivity (Wildman–Crippen MR) is 190 cm³/mol. The van der Waals surface area contributed by atoms with E-state index in [9.17, 15) is 39.3 Å². The first-order valence-corrected chi connectivity index (χ1v) is 18.4. The number of rotatable bonds is 15. The summed E-state index contributed by atoms with van der Waals surface area (Å²) in [7, 11) is 1.60. The molecule has 0 saturated carbocycles. The number of ether oxygens (including phenoxy) is 1. The van der Waals surface area contributed by atoms with Crippen molar-refractivity contribution in [1.29, 1.82) is 0 Å². The first kappa shape index (κ1) is 41.7. The van der Waals surface area contributed by atoms with E-state index in [1.54, 1.807) is 7.05 Å². The fourth-order valence-electron chi connectivity index (χ4n) is 6.34. The maximum atomic E-state index is 13.6. The van der Waals surface area contributed by atoms with E-state index in [1.807, 2.05) is 0 Å². The molecule has 5 rings (SSSR count). The number of oxime groups is 1. The molecule has 0 spiro atoms. The number of quaternary nitrogens is 1. The number of carboxylic acid groups (broad SMARTS) is 1. The van der Waals surface area contributed by atoms with Gasteiger partial charge < -0.3 is 40.0 Å². The quantitative estimate of drug-likeness (QED) is 0.0377. The number of nitrogen functional groups attached to an aromatic ring is 1. The molecule has 5 N–H and O–H groups in total. The molecule has 2 aromatic rings. The number of likely N-dealkylation sites (N-methyl/N-ethyl adjacent to an activating group) is 1. The lowest BCUT2D eigenvalue weighted by Crippen LogP contribution is -2.63. The van der Waals surface area contributed by atoms with Crippen LogP contribution < -0.4 is 5.73 Å². The van der Waals surface area contributed by atoms with Crippen LogP contribution in [0.3, 0.4) is 0 Å². The molecule has 2 fully saturated rings. The zero-order chi connectivity index (χ0) is 40.0. The summed E-state index contributed by atoms with van der Waals surface area (Å²) >= 11 is 8.30. The van der Waals surface area contributed by atoms with Gasteiger partial charge in [-0.1, -0.05) is 16.8 Å². The molecule has 1 aromatic carbocycles. The number of fused-ring (bicyclic) bond motifs is 1. The Kier molecular flexibility index (Phi) is 13.4. The van der Waals surface area contributed by atoms with Crippen LogP contribution in [0.2, 0.25) is 5.02 Å². The van der Waals surface area contributed by atoms with E-state index in [0.717, 1.165) is 37.5 Å². The number of β-lactam (4-membered cyclic amide) rings is 1. The number of aliphatic carboxylic acids is 1. The Labute approximate surface area is 321 Å². The molecule has 4 heterocycles. The normalized spacial score (nSPS) is 19.1. The second-order valence-electron chi connectivity index (χ2n) is 13.0. The summed E-state index contributed by atoms with van der Waals surface area (Å²) in [6.45, 7) is 5.57. The van der Waals surface area contributed by atoms with Gasteiger partial charge in [0.25, 0.3) is 18.2 Å². The average Bonchev–Trinajstić information content (AvgIpc) is 3.77. The number of carboxylic acids is 1. The van der Waals surface area contributed by atoms with Crippen molar-refractivity contribution >= 4 is 81.9 Å². The molecule has 2 saturated heterocycles. The van der Waals surface area contributed by atoms with Crippen molar-refractivity contribution in [2.45, 2.75) is 44.3 Å². The van der Waals surface area contributed by atoms with Crippen molar-refractivity contribution < 1.29 is 62.9 Å². The Hall–Kier alpha value is -5.08. The van der Waals surface area contributed by atoms with Crippen LogP contribution in [-0.4, -0.2) is 138 Å². The Morgan fingerprint density at radius 1 is 1.24 bits per heavy atom. The Bertz CT molecular complexity index is 1910. The summed E-state index contributed by atoms with van der Waals surface area (Å²) in [6.07, 6.45) is 1.72. The van der Waals surface area contributed by atoms with Crippen LogP contribution in [0.15, 0.2) is 28.6 Å². The molecule has 3 aliphatic rings. The fourth-order valence-corrected chi connectivity index (χ4v) is 8.42. The number of thioether (sulfide) groups is 1. The summed E-state index contributed by atoms with van der Waals surface area (Å²) in [5.74, 6) is -6.12. The van der Waals surface area contributed by atoms with Crippen LogP contribution in [-0.2, 0) is 38.3 Å². The number of Topliss-reactive ketones (excluding diaryl/α,β-unsaturated/α-hetero) is 1. The van der Waals surface area contributed by atoms with Crippen LogP contribution in [0.5, 0.6) is 11.5 Å². The second kappa shape index (κ2) is 17.4.